The fraction of sp³-hybridized carbons (Fsp3) is 0.429. The maximum Gasteiger partial charge on any atom is 0.134 e. The van der Waals surface area contributed by atoms with E-state index in [9.17, 15) is 9.50 Å². The molecule has 0 aromatic heterocycles. The molecule has 7 heteroatoms. The number of piperazine rings is 1. The predicted octanol–water partition coefficient (Wildman–Crippen LogP) is 3.66. The lowest BCUT2D eigenvalue weighted by Gasteiger charge is -2.35. The zero-order valence-electron chi connectivity index (χ0n) is 11.5. The summed E-state index contributed by atoms with van der Waals surface area (Å²) in [6, 6.07) is 2.66. The average Bonchev–Trinajstić information content (AvgIpc) is 2.41. The van der Waals surface area contributed by atoms with Gasteiger partial charge in [0, 0.05) is 37.8 Å². The van der Waals surface area contributed by atoms with E-state index >= 15 is 0 Å². The number of aromatic hydroxyl groups is 1. The number of hydrogen-bond donors (Lipinski definition) is 2. The summed E-state index contributed by atoms with van der Waals surface area (Å²) >= 11 is 3.19. The normalized spacial score (nSPS) is 16.5. The average molecular weight is 402 g/mol. The first kappa shape index (κ1) is 20.7. The summed E-state index contributed by atoms with van der Waals surface area (Å²) in [7, 11) is 0. The number of nitrogens with zero attached hydrogens (tertiary/aromatic N) is 1. The minimum Gasteiger partial charge on any atom is -0.506 e. The van der Waals surface area contributed by atoms with Crippen LogP contribution in [0.15, 0.2) is 29.3 Å². The van der Waals surface area contributed by atoms with Crippen LogP contribution >= 0.6 is 40.7 Å². The van der Waals surface area contributed by atoms with Crippen molar-refractivity contribution in [3.63, 3.8) is 0 Å². The molecule has 1 fully saturated rings. The first-order valence-electron chi connectivity index (χ1n) is 6.37. The molecule has 1 heterocycles. The van der Waals surface area contributed by atoms with Gasteiger partial charge in [-0.15, -0.1) is 31.4 Å². The van der Waals surface area contributed by atoms with Gasteiger partial charge in [0.2, 0.25) is 0 Å². The van der Waals surface area contributed by atoms with Crippen molar-refractivity contribution in [1.29, 1.82) is 0 Å². The van der Waals surface area contributed by atoms with Crippen LogP contribution in [0.25, 0.3) is 0 Å². The fourth-order valence-corrected chi connectivity index (χ4v) is 2.91. The van der Waals surface area contributed by atoms with E-state index in [1.807, 2.05) is 6.08 Å². The van der Waals surface area contributed by atoms with Gasteiger partial charge in [-0.05, 0) is 34.5 Å². The predicted molar refractivity (Wildman–Crippen MR) is 92.3 cm³/mol. The lowest BCUT2D eigenvalue weighted by molar-refractivity contribution is 0.171. The third-order valence-corrected chi connectivity index (χ3v) is 4.00. The highest BCUT2D eigenvalue weighted by atomic mass is 79.9. The quantitative estimate of drug-likeness (QED) is 0.755. The molecule has 120 valence electrons. The number of phenols is 1. The Labute approximate surface area is 145 Å². The van der Waals surface area contributed by atoms with Gasteiger partial charge in [-0.1, -0.05) is 6.08 Å². The van der Waals surface area contributed by atoms with Crippen LogP contribution in [0.2, 0.25) is 0 Å². The van der Waals surface area contributed by atoms with Gasteiger partial charge < -0.3 is 10.4 Å². The zero-order chi connectivity index (χ0) is 13.8. The monoisotopic (exact) mass is 400 g/mol. The van der Waals surface area contributed by atoms with Crippen molar-refractivity contribution in [2.24, 2.45) is 0 Å². The van der Waals surface area contributed by atoms with Crippen molar-refractivity contribution >= 4 is 40.7 Å². The van der Waals surface area contributed by atoms with E-state index in [2.05, 4.69) is 32.7 Å². The smallest absolute Gasteiger partial charge is 0.134 e. The Balaban J connectivity index is 0.00000200. The molecule has 0 amide bonds. The van der Waals surface area contributed by atoms with Crippen molar-refractivity contribution in [2.75, 3.05) is 26.2 Å². The summed E-state index contributed by atoms with van der Waals surface area (Å²) in [6.45, 7) is 7.34. The number of phenolic OH excluding ortho intramolecular Hbond substituents is 1. The molecule has 1 aliphatic heterocycles. The van der Waals surface area contributed by atoms with Crippen LogP contribution < -0.4 is 5.32 Å². The lowest BCUT2D eigenvalue weighted by atomic mass is 10.00. The first-order chi connectivity index (χ1) is 9.13. The summed E-state index contributed by atoms with van der Waals surface area (Å²) in [5, 5.41) is 13.4. The summed E-state index contributed by atoms with van der Waals surface area (Å²) in [4.78, 5) is 2.25. The summed E-state index contributed by atoms with van der Waals surface area (Å²) in [6.07, 6.45) is 2.49. The van der Waals surface area contributed by atoms with Gasteiger partial charge >= 0.3 is 0 Å². The van der Waals surface area contributed by atoms with Gasteiger partial charge in [0.1, 0.15) is 11.6 Å². The van der Waals surface area contributed by atoms with Crippen molar-refractivity contribution in [1.82, 2.24) is 10.2 Å². The molecule has 2 N–H and O–H groups in total. The van der Waals surface area contributed by atoms with E-state index in [0.29, 0.717) is 16.5 Å². The molecule has 0 bridgehead atoms. The van der Waals surface area contributed by atoms with Crippen LogP contribution in [0.5, 0.6) is 5.75 Å². The highest BCUT2D eigenvalue weighted by Crippen LogP contribution is 2.37. The molecule has 3 nitrogen and oxygen atoms in total. The van der Waals surface area contributed by atoms with E-state index in [4.69, 9.17) is 0 Å². The van der Waals surface area contributed by atoms with Crippen molar-refractivity contribution < 1.29 is 9.50 Å². The van der Waals surface area contributed by atoms with E-state index in [0.717, 1.165) is 26.2 Å². The molecule has 0 aliphatic carbocycles. The van der Waals surface area contributed by atoms with Gasteiger partial charge in [0.15, 0.2) is 0 Å². The summed E-state index contributed by atoms with van der Waals surface area (Å²) < 4.78 is 14.0. The molecule has 21 heavy (non-hydrogen) atoms. The third-order valence-electron chi connectivity index (χ3n) is 3.40. The zero-order valence-corrected chi connectivity index (χ0v) is 14.7. The second kappa shape index (κ2) is 9.64. The van der Waals surface area contributed by atoms with Gasteiger partial charge in [-0.2, -0.15) is 0 Å². The molecule has 1 aromatic rings. The highest BCUT2D eigenvalue weighted by molar-refractivity contribution is 9.10. The van der Waals surface area contributed by atoms with Crippen molar-refractivity contribution in [2.45, 2.75) is 12.5 Å². The number of rotatable bonds is 4. The second-order valence-corrected chi connectivity index (χ2v) is 5.51. The molecule has 1 aliphatic rings. The van der Waals surface area contributed by atoms with Crippen LogP contribution in [-0.2, 0) is 0 Å². The van der Waals surface area contributed by atoms with Gasteiger partial charge in [0.25, 0.3) is 0 Å². The van der Waals surface area contributed by atoms with E-state index < -0.39 is 0 Å². The fourth-order valence-electron chi connectivity index (χ4n) is 2.46. The molecular formula is C14H20BrCl2FN2O. The molecule has 1 saturated heterocycles. The number of benzene rings is 1. The number of hydrogen-bond acceptors (Lipinski definition) is 3. The third kappa shape index (κ3) is 5.11. The van der Waals surface area contributed by atoms with Crippen LogP contribution in [0.1, 0.15) is 18.0 Å². The van der Waals surface area contributed by atoms with Crippen molar-refractivity contribution in [3.8, 4) is 5.75 Å². The summed E-state index contributed by atoms with van der Waals surface area (Å²) in [5.41, 5.74) is 0.619. The standard InChI is InChI=1S/C14H18BrFN2O.2ClH/c1-2-3-13(18-6-4-17-5-7-18)11-8-10(16)9-12(15)14(11)19;;/h2,8-9,13,17,19H,1,3-7H2;2*1H/t13-;;/m0../s1. The minimum atomic E-state index is -0.344. The lowest BCUT2D eigenvalue weighted by Crippen LogP contribution is -2.45. The summed E-state index contributed by atoms with van der Waals surface area (Å²) in [5.74, 6) is -0.226. The van der Waals surface area contributed by atoms with Crippen LogP contribution in [-0.4, -0.2) is 36.2 Å². The van der Waals surface area contributed by atoms with Gasteiger partial charge in [-0.25, -0.2) is 4.39 Å². The Bertz CT molecular complexity index is 471. The van der Waals surface area contributed by atoms with E-state index in [1.54, 1.807) is 0 Å². The molecule has 0 unspecified atom stereocenters. The largest absolute Gasteiger partial charge is 0.506 e. The van der Waals surface area contributed by atoms with Gasteiger partial charge in [-0.3, -0.25) is 4.90 Å². The Morgan fingerprint density at radius 1 is 1.38 bits per heavy atom. The van der Waals surface area contributed by atoms with E-state index in [1.165, 1.54) is 12.1 Å². The van der Waals surface area contributed by atoms with Crippen LogP contribution in [0.4, 0.5) is 4.39 Å². The molecule has 0 spiro atoms. The minimum absolute atomic E-state index is 0. The van der Waals surface area contributed by atoms with Gasteiger partial charge in [0.05, 0.1) is 4.47 Å². The Hall–Kier alpha value is -0.330. The topological polar surface area (TPSA) is 35.5 Å². The SMILES string of the molecule is C=CC[C@@H](c1cc(F)cc(Br)c1O)N1CCNCC1.Cl.Cl. The Kier molecular flexibility index (Phi) is 9.49. The maximum absolute atomic E-state index is 13.6. The molecular weight excluding hydrogens is 382 g/mol. The van der Waals surface area contributed by atoms with E-state index in [-0.39, 0.29) is 42.4 Å². The molecule has 0 radical (unpaired) electrons. The Morgan fingerprint density at radius 2 is 2.00 bits per heavy atom. The Morgan fingerprint density at radius 3 is 2.57 bits per heavy atom. The second-order valence-electron chi connectivity index (χ2n) is 4.65. The first-order valence-corrected chi connectivity index (χ1v) is 7.16. The van der Waals surface area contributed by atoms with Crippen LogP contribution in [0, 0.1) is 5.82 Å². The van der Waals surface area contributed by atoms with Crippen molar-refractivity contribution in [3.05, 3.63) is 40.6 Å². The molecule has 0 saturated carbocycles. The maximum atomic E-state index is 13.6. The number of halogens is 4. The number of nitrogens with one attached hydrogen (secondary N) is 1. The molecule has 1 atom stereocenters. The molecule has 2 rings (SSSR count). The van der Waals surface area contributed by atoms with Crippen LogP contribution in [0.3, 0.4) is 0 Å². The molecule has 1 aromatic carbocycles. The highest BCUT2D eigenvalue weighted by Gasteiger charge is 2.25.